The molecular weight excluding hydrogens is 436 g/mol. The molecule has 2 aromatic rings. The Balaban J connectivity index is 1.80. The average Bonchev–Trinajstić information content (AvgIpc) is 2.97. The average molecular weight is 461 g/mol. The van der Waals surface area contributed by atoms with Crippen LogP contribution in [0.5, 0.6) is 0 Å². The van der Waals surface area contributed by atoms with Gasteiger partial charge in [0, 0.05) is 15.4 Å². The number of carbonyl (C=O) groups excluding carboxylic acids is 2. The Kier molecular flexibility index (Phi) is 6.10. The van der Waals surface area contributed by atoms with Crippen LogP contribution in [0.25, 0.3) is 6.08 Å². The second-order valence-electron chi connectivity index (χ2n) is 8.25. The molecule has 1 aliphatic carbocycles. The van der Waals surface area contributed by atoms with E-state index in [0.29, 0.717) is 16.5 Å². The van der Waals surface area contributed by atoms with E-state index in [9.17, 15) is 9.59 Å². The molecule has 3 rings (SSSR count). The number of nitrogens with two attached hydrogens (primary N) is 1. The summed E-state index contributed by atoms with van der Waals surface area (Å²) in [6, 6.07) is 7.67. The van der Waals surface area contributed by atoms with Crippen molar-refractivity contribution in [2.75, 3.05) is 5.32 Å². The predicted octanol–water partition coefficient (Wildman–Crippen LogP) is 5.41. The highest BCUT2D eigenvalue weighted by Gasteiger charge is 2.33. The second kappa shape index (κ2) is 8.21. The van der Waals surface area contributed by atoms with Crippen LogP contribution in [0.1, 0.15) is 53.6 Å². The molecular formula is C22H25BrN2O2S. The Bertz CT molecular complexity index is 923. The minimum absolute atomic E-state index is 0.214. The van der Waals surface area contributed by atoms with E-state index >= 15 is 0 Å². The summed E-state index contributed by atoms with van der Waals surface area (Å²) >= 11 is 4.88. The van der Waals surface area contributed by atoms with Crippen LogP contribution in [0, 0.1) is 11.3 Å². The largest absolute Gasteiger partial charge is 0.365 e. The van der Waals surface area contributed by atoms with Crippen molar-refractivity contribution in [3.05, 3.63) is 56.4 Å². The summed E-state index contributed by atoms with van der Waals surface area (Å²) in [6.07, 6.45) is 6.01. The topological polar surface area (TPSA) is 72.2 Å². The fourth-order valence-electron chi connectivity index (χ4n) is 3.57. The van der Waals surface area contributed by atoms with Crippen LogP contribution in [0.15, 0.2) is 34.8 Å². The number of benzene rings is 1. The molecule has 1 aromatic heterocycles. The Morgan fingerprint density at radius 1 is 1.25 bits per heavy atom. The molecule has 4 nitrogen and oxygen atoms in total. The molecule has 6 heteroatoms. The summed E-state index contributed by atoms with van der Waals surface area (Å²) in [7, 11) is 0. The fraction of sp³-hybridized carbons (Fsp3) is 0.364. The second-order valence-corrected chi connectivity index (χ2v) is 10.3. The first-order valence-corrected chi connectivity index (χ1v) is 10.9. The van der Waals surface area contributed by atoms with Crippen molar-refractivity contribution in [2.24, 2.45) is 17.1 Å². The smallest absolute Gasteiger partial charge is 0.251 e. The lowest BCUT2D eigenvalue weighted by Crippen LogP contribution is -2.27. The molecule has 0 aliphatic heterocycles. The number of rotatable bonds is 4. The van der Waals surface area contributed by atoms with E-state index in [1.54, 1.807) is 6.08 Å². The van der Waals surface area contributed by atoms with Crippen molar-refractivity contribution in [2.45, 2.75) is 40.0 Å². The number of primary amides is 1. The molecule has 0 saturated heterocycles. The van der Waals surface area contributed by atoms with Gasteiger partial charge in [-0.05, 0) is 59.9 Å². The van der Waals surface area contributed by atoms with Gasteiger partial charge in [0.2, 0.25) is 5.91 Å². The van der Waals surface area contributed by atoms with E-state index in [1.807, 2.05) is 24.3 Å². The highest BCUT2D eigenvalue weighted by molar-refractivity contribution is 9.10. The van der Waals surface area contributed by atoms with Gasteiger partial charge in [-0.25, -0.2) is 0 Å². The number of carbonyl (C=O) groups is 2. The Morgan fingerprint density at radius 2 is 1.93 bits per heavy atom. The summed E-state index contributed by atoms with van der Waals surface area (Å²) in [4.78, 5) is 25.7. The summed E-state index contributed by atoms with van der Waals surface area (Å²) in [5.74, 6) is -0.185. The van der Waals surface area contributed by atoms with E-state index in [2.05, 4.69) is 42.0 Å². The number of amides is 2. The standard InChI is InChI=1S/C22H25BrN2O2S/c1-22(2,3)14-7-10-16-17(12-14)28-21(19(16)20(24)27)25-18(26)11-6-13-4-8-15(23)9-5-13/h4-6,8-9,11,14H,7,10,12H2,1-3H3,(H2,24,27)(H,25,26). The molecule has 1 aliphatic rings. The van der Waals surface area contributed by atoms with Crippen molar-refractivity contribution in [1.82, 2.24) is 0 Å². The number of thiophene rings is 1. The van der Waals surface area contributed by atoms with E-state index < -0.39 is 5.91 Å². The van der Waals surface area contributed by atoms with E-state index in [4.69, 9.17) is 5.73 Å². The first kappa shape index (κ1) is 20.8. The number of hydrogen-bond donors (Lipinski definition) is 2. The maximum absolute atomic E-state index is 12.4. The van der Waals surface area contributed by atoms with E-state index in [1.165, 1.54) is 22.3 Å². The number of halogens is 1. The van der Waals surface area contributed by atoms with Crippen molar-refractivity contribution in [1.29, 1.82) is 0 Å². The third-order valence-electron chi connectivity index (χ3n) is 5.27. The van der Waals surface area contributed by atoms with Gasteiger partial charge in [0.25, 0.3) is 5.91 Å². The zero-order valence-corrected chi connectivity index (χ0v) is 18.7. The lowest BCUT2D eigenvalue weighted by molar-refractivity contribution is -0.111. The van der Waals surface area contributed by atoms with Crippen LogP contribution >= 0.6 is 27.3 Å². The molecule has 0 fully saturated rings. The summed E-state index contributed by atoms with van der Waals surface area (Å²) in [6.45, 7) is 6.75. The molecule has 1 aromatic carbocycles. The molecule has 2 amide bonds. The van der Waals surface area contributed by atoms with Gasteiger partial charge in [-0.15, -0.1) is 11.3 Å². The lowest BCUT2D eigenvalue weighted by atomic mass is 9.72. The summed E-state index contributed by atoms with van der Waals surface area (Å²) in [5.41, 5.74) is 8.29. The maximum Gasteiger partial charge on any atom is 0.251 e. The third-order valence-corrected chi connectivity index (χ3v) is 6.97. The zero-order chi connectivity index (χ0) is 20.5. The highest BCUT2D eigenvalue weighted by Crippen LogP contribution is 2.44. The van der Waals surface area contributed by atoms with E-state index in [-0.39, 0.29) is 11.3 Å². The lowest BCUT2D eigenvalue weighted by Gasteiger charge is -2.33. The maximum atomic E-state index is 12.4. The normalized spacial score (nSPS) is 16.8. The number of anilines is 1. The van der Waals surface area contributed by atoms with E-state index in [0.717, 1.165) is 34.9 Å². The zero-order valence-electron chi connectivity index (χ0n) is 16.3. The van der Waals surface area contributed by atoms with Crippen LogP contribution in [0.4, 0.5) is 5.00 Å². The van der Waals surface area contributed by atoms with Gasteiger partial charge in [0.1, 0.15) is 5.00 Å². The number of nitrogens with one attached hydrogen (secondary N) is 1. The van der Waals surface area contributed by atoms with Crippen molar-refractivity contribution in [3.8, 4) is 0 Å². The number of hydrogen-bond acceptors (Lipinski definition) is 3. The van der Waals surface area contributed by atoms with Crippen LogP contribution in [0.3, 0.4) is 0 Å². The minimum Gasteiger partial charge on any atom is -0.365 e. The van der Waals surface area contributed by atoms with Gasteiger partial charge in [0.05, 0.1) is 5.56 Å². The van der Waals surface area contributed by atoms with Gasteiger partial charge in [0.15, 0.2) is 0 Å². The van der Waals surface area contributed by atoms with Crippen LogP contribution in [0.2, 0.25) is 0 Å². The van der Waals surface area contributed by atoms with Gasteiger partial charge in [-0.2, -0.15) is 0 Å². The SMILES string of the molecule is CC(C)(C)C1CCc2c(sc(NC(=O)C=Cc3ccc(Br)cc3)c2C(N)=O)C1. The molecule has 0 bridgehead atoms. The molecule has 0 radical (unpaired) electrons. The molecule has 3 N–H and O–H groups in total. The number of fused-ring (bicyclic) bond motifs is 1. The van der Waals surface area contributed by atoms with Gasteiger partial charge in [-0.3, -0.25) is 9.59 Å². The molecule has 0 spiro atoms. The molecule has 28 heavy (non-hydrogen) atoms. The summed E-state index contributed by atoms with van der Waals surface area (Å²) in [5, 5.41) is 3.43. The Morgan fingerprint density at radius 3 is 2.54 bits per heavy atom. The van der Waals surface area contributed by atoms with Crippen LogP contribution < -0.4 is 11.1 Å². The molecule has 0 saturated carbocycles. The molecule has 1 atom stereocenters. The van der Waals surface area contributed by atoms with Gasteiger partial charge < -0.3 is 11.1 Å². The molecule has 1 unspecified atom stereocenters. The minimum atomic E-state index is -0.473. The predicted molar refractivity (Wildman–Crippen MR) is 120 cm³/mol. The fourth-order valence-corrected chi connectivity index (χ4v) is 5.17. The van der Waals surface area contributed by atoms with Crippen molar-refractivity contribution in [3.63, 3.8) is 0 Å². The van der Waals surface area contributed by atoms with Crippen LogP contribution in [-0.2, 0) is 17.6 Å². The van der Waals surface area contributed by atoms with Crippen molar-refractivity contribution < 1.29 is 9.59 Å². The summed E-state index contributed by atoms with van der Waals surface area (Å²) < 4.78 is 0.984. The molecule has 1 heterocycles. The Hall–Kier alpha value is -1.92. The third kappa shape index (κ3) is 4.73. The molecule has 148 valence electrons. The monoisotopic (exact) mass is 460 g/mol. The van der Waals surface area contributed by atoms with Gasteiger partial charge >= 0.3 is 0 Å². The quantitative estimate of drug-likeness (QED) is 0.598. The first-order valence-electron chi connectivity index (χ1n) is 9.34. The first-order chi connectivity index (χ1) is 13.1. The highest BCUT2D eigenvalue weighted by atomic mass is 79.9. The van der Waals surface area contributed by atoms with Gasteiger partial charge in [-0.1, -0.05) is 48.8 Å². The van der Waals surface area contributed by atoms with Crippen LogP contribution in [-0.4, -0.2) is 11.8 Å². The van der Waals surface area contributed by atoms with Crippen molar-refractivity contribution >= 4 is 50.2 Å². The Labute approximate surface area is 178 Å².